The fraction of sp³-hybridized carbons (Fsp3) is 0.238. The zero-order valence-corrected chi connectivity index (χ0v) is 43.2. The number of methoxy groups -OCH3 is 2. The summed E-state index contributed by atoms with van der Waals surface area (Å²) in [5, 5.41) is 15.4. The van der Waals surface area contributed by atoms with Gasteiger partial charge in [-0.15, -0.1) is 0 Å². The minimum atomic E-state index is -4.80. The highest BCUT2D eigenvalue weighted by Gasteiger charge is 2.37. The highest BCUT2D eigenvalue weighted by atomic mass is 79.9. The SMILES string of the molecule is CNC(=O)c1nc(Br)ccc1Nc1nc(Nc2ccc(CP(C)(=O)O)cc2OC)ncc1C(F)(F)F.CNC(=O)c1nc(Br)ccc1Nc1nc(Nc2ccc(CP(C)(=O)O)cc2OC)ncc1C(F)(F)F. The largest absolute Gasteiger partial charge is 0.495 e. The summed E-state index contributed by atoms with van der Waals surface area (Å²) in [6.45, 7) is 2.46. The summed E-state index contributed by atoms with van der Waals surface area (Å²) in [5.41, 5.74) is -0.961. The van der Waals surface area contributed by atoms with Crippen molar-refractivity contribution in [2.75, 3.05) is 62.9 Å². The van der Waals surface area contributed by atoms with Crippen molar-refractivity contribution in [2.45, 2.75) is 24.7 Å². The Bertz CT molecular complexity index is 2870. The van der Waals surface area contributed by atoms with Crippen LogP contribution in [-0.2, 0) is 33.8 Å². The second-order valence-corrected chi connectivity index (χ2v) is 21.6. The molecule has 4 aromatic heterocycles. The first-order chi connectivity index (χ1) is 33.6. The van der Waals surface area contributed by atoms with Crippen LogP contribution in [0.3, 0.4) is 0 Å². The molecule has 0 bridgehead atoms. The Balaban J connectivity index is 0.000000267. The maximum atomic E-state index is 13.7. The van der Waals surface area contributed by atoms with Crippen molar-refractivity contribution in [3.05, 3.63) is 116 Å². The van der Waals surface area contributed by atoms with Crippen LogP contribution in [-0.4, -0.2) is 93.1 Å². The minimum absolute atomic E-state index is 0.0115. The van der Waals surface area contributed by atoms with Gasteiger partial charge in [0.25, 0.3) is 11.8 Å². The highest BCUT2D eigenvalue weighted by molar-refractivity contribution is 9.10. The molecule has 20 nitrogen and oxygen atoms in total. The molecule has 72 heavy (non-hydrogen) atoms. The number of hydrogen-bond donors (Lipinski definition) is 8. The van der Waals surface area contributed by atoms with Gasteiger partial charge in [0.2, 0.25) is 26.6 Å². The number of nitrogens with one attached hydrogen (secondary N) is 6. The number of ether oxygens (including phenoxy) is 2. The van der Waals surface area contributed by atoms with Gasteiger partial charge >= 0.3 is 12.4 Å². The van der Waals surface area contributed by atoms with E-state index < -0.39 is 61.7 Å². The number of alkyl halides is 6. The first-order valence-electron chi connectivity index (χ1n) is 20.3. The summed E-state index contributed by atoms with van der Waals surface area (Å²) < 4.78 is 117. The smallest absolute Gasteiger partial charge is 0.421 e. The average Bonchev–Trinajstić information content (AvgIpc) is 3.29. The van der Waals surface area contributed by atoms with E-state index in [1.54, 1.807) is 12.1 Å². The van der Waals surface area contributed by atoms with Gasteiger partial charge in [0.1, 0.15) is 43.5 Å². The second kappa shape index (κ2) is 23.4. The fourth-order valence-electron chi connectivity index (χ4n) is 6.19. The predicted octanol–water partition coefficient (Wildman–Crippen LogP) is 9.82. The molecule has 6 rings (SSSR count). The van der Waals surface area contributed by atoms with E-state index in [1.807, 2.05) is 0 Å². The Morgan fingerprint density at radius 3 is 1.24 bits per heavy atom. The van der Waals surface area contributed by atoms with Crippen molar-refractivity contribution in [3.8, 4) is 11.5 Å². The van der Waals surface area contributed by atoms with Gasteiger partial charge in [-0.25, -0.2) is 19.9 Å². The van der Waals surface area contributed by atoms with Crippen LogP contribution in [0.25, 0.3) is 0 Å². The van der Waals surface area contributed by atoms with Crippen LogP contribution in [0.5, 0.6) is 11.5 Å². The summed E-state index contributed by atoms with van der Waals surface area (Å²) in [7, 11) is -1.19. The Morgan fingerprint density at radius 1 is 0.583 bits per heavy atom. The van der Waals surface area contributed by atoms with Crippen LogP contribution >= 0.6 is 46.6 Å². The lowest BCUT2D eigenvalue weighted by Crippen LogP contribution is -2.21. The molecule has 8 N–H and O–H groups in total. The lowest BCUT2D eigenvalue weighted by atomic mass is 10.2. The molecule has 2 aromatic carbocycles. The van der Waals surface area contributed by atoms with Gasteiger partial charge in [0.05, 0.1) is 37.0 Å². The van der Waals surface area contributed by atoms with E-state index in [0.29, 0.717) is 44.1 Å². The molecule has 0 fully saturated rings. The number of hydrogen-bond acceptors (Lipinski definition) is 16. The Morgan fingerprint density at radius 2 is 0.931 bits per heavy atom. The second-order valence-electron chi connectivity index (χ2n) is 15.1. The van der Waals surface area contributed by atoms with Crippen molar-refractivity contribution < 1.29 is 64.3 Å². The number of rotatable bonds is 16. The Kier molecular flexibility index (Phi) is 18.4. The van der Waals surface area contributed by atoms with Gasteiger partial charge < -0.3 is 51.2 Å². The fourth-order valence-corrected chi connectivity index (χ4v) is 8.56. The monoisotopic (exact) mass is 1180 g/mol. The van der Waals surface area contributed by atoms with Gasteiger partial charge in [0.15, 0.2) is 11.4 Å². The summed E-state index contributed by atoms with van der Waals surface area (Å²) in [6, 6.07) is 14.9. The van der Waals surface area contributed by atoms with Crippen molar-refractivity contribution in [1.29, 1.82) is 0 Å². The molecule has 384 valence electrons. The number of anilines is 8. The normalized spacial score (nSPS) is 13.0. The van der Waals surface area contributed by atoms with Crippen LogP contribution in [0.4, 0.5) is 72.6 Å². The van der Waals surface area contributed by atoms with Crippen LogP contribution in [0, 0.1) is 0 Å². The number of benzene rings is 2. The summed E-state index contributed by atoms with van der Waals surface area (Å²) in [5.74, 6) is -2.35. The number of carbonyl (C=O) groups is 2. The summed E-state index contributed by atoms with van der Waals surface area (Å²) >= 11 is 6.27. The molecule has 2 amide bonds. The molecule has 0 aliphatic carbocycles. The van der Waals surface area contributed by atoms with E-state index >= 15 is 0 Å². The maximum absolute atomic E-state index is 13.7. The molecular formula is C42H42Br2F6N12O8P2. The Hall–Kier alpha value is -6.44. The minimum Gasteiger partial charge on any atom is -0.495 e. The van der Waals surface area contributed by atoms with Crippen LogP contribution < -0.4 is 41.4 Å². The number of pyridine rings is 2. The number of carbonyl (C=O) groups excluding carboxylic acids is 2. The number of halogens is 8. The molecule has 0 saturated heterocycles. The van der Waals surface area contributed by atoms with Crippen molar-refractivity contribution in [2.24, 2.45) is 0 Å². The van der Waals surface area contributed by atoms with E-state index in [0.717, 1.165) is 0 Å². The average molecular weight is 1180 g/mol. The topological polar surface area (TPSA) is 277 Å². The van der Waals surface area contributed by atoms with Crippen LogP contribution in [0.1, 0.15) is 43.2 Å². The van der Waals surface area contributed by atoms with Crippen LogP contribution in [0.15, 0.2) is 82.3 Å². The number of nitrogens with zero attached hydrogens (tertiary/aromatic N) is 6. The maximum Gasteiger partial charge on any atom is 0.421 e. The third-order valence-corrected chi connectivity index (χ3v) is 12.1. The summed E-state index contributed by atoms with van der Waals surface area (Å²) in [6.07, 6.45) is -8.55. The molecule has 0 spiro atoms. The van der Waals surface area contributed by atoms with E-state index in [1.165, 1.54) is 90.2 Å². The standard InChI is InChI=1S/2C21H21BrF3N6O4P/c2*1-26-19(32)17-14(6-7-16(22)30-17)28-18-12(21(23,24)25)9-27-20(31-18)29-13-5-4-11(8-15(13)35-2)10-36(3,33)34/h2*4-9H,10H2,1-3H3,(H,26,32)(H,33,34)(H2,27,28,29,31). The van der Waals surface area contributed by atoms with Crippen molar-refractivity contribution in [1.82, 2.24) is 40.5 Å². The molecule has 2 unspecified atom stereocenters. The predicted molar refractivity (Wildman–Crippen MR) is 263 cm³/mol. The number of amides is 2. The molecule has 0 radical (unpaired) electrons. The highest BCUT2D eigenvalue weighted by Crippen LogP contribution is 2.43. The van der Waals surface area contributed by atoms with Gasteiger partial charge in [-0.3, -0.25) is 18.7 Å². The Labute approximate surface area is 422 Å². The van der Waals surface area contributed by atoms with Gasteiger partial charge in [0, 0.05) is 52.1 Å². The zero-order chi connectivity index (χ0) is 53.3. The molecule has 30 heteroatoms. The summed E-state index contributed by atoms with van der Waals surface area (Å²) in [4.78, 5) is 67.2. The quantitative estimate of drug-likeness (QED) is 0.0254. The van der Waals surface area contributed by atoms with E-state index in [9.17, 15) is 54.8 Å². The van der Waals surface area contributed by atoms with Crippen molar-refractivity contribution in [3.63, 3.8) is 0 Å². The molecule has 4 heterocycles. The molecule has 6 aromatic rings. The molecular weight excluding hydrogens is 1140 g/mol. The van der Waals surface area contributed by atoms with E-state index in [2.05, 4.69) is 93.7 Å². The zero-order valence-electron chi connectivity index (χ0n) is 38.3. The lowest BCUT2D eigenvalue weighted by molar-refractivity contribution is -0.138. The van der Waals surface area contributed by atoms with Gasteiger partial charge in [-0.05, 0) is 91.5 Å². The van der Waals surface area contributed by atoms with Crippen molar-refractivity contribution >= 4 is 105 Å². The van der Waals surface area contributed by atoms with E-state index in [4.69, 9.17) is 9.47 Å². The number of aromatic nitrogens is 6. The first-order valence-corrected chi connectivity index (χ1v) is 26.4. The first kappa shape index (κ1) is 56.5. The molecule has 0 aliphatic rings. The molecule has 0 aliphatic heterocycles. The van der Waals surface area contributed by atoms with Gasteiger partial charge in [-0.2, -0.15) is 36.3 Å². The van der Waals surface area contributed by atoms with E-state index in [-0.39, 0.29) is 58.5 Å². The van der Waals surface area contributed by atoms with Gasteiger partial charge in [-0.1, -0.05) is 12.1 Å². The third kappa shape index (κ3) is 15.8. The third-order valence-electron chi connectivity index (χ3n) is 9.28. The molecule has 0 saturated carbocycles. The molecule has 2 atom stereocenters. The van der Waals surface area contributed by atoms with Crippen LogP contribution in [0.2, 0.25) is 0 Å². The lowest BCUT2D eigenvalue weighted by Gasteiger charge is -2.17.